The summed E-state index contributed by atoms with van der Waals surface area (Å²) in [6.45, 7) is 3.60. The molecule has 0 saturated heterocycles. The smallest absolute Gasteiger partial charge is 0.361 e. The first kappa shape index (κ1) is 17.8. The lowest BCUT2D eigenvalue weighted by atomic mass is 10.1. The normalized spacial score (nSPS) is 12.8. The number of halogens is 3. The van der Waals surface area contributed by atoms with E-state index in [1.807, 2.05) is 0 Å². The van der Waals surface area contributed by atoms with Crippen LogP contribution in [0, 0.1) is 6.92 Å². The number of carbonyl (C=O) groups is 1. The van der Waals surface area contributed by atoms with E-state index in [1.54, 1.807) is 33.0 Å². The number of aromatic nitrogens is 1. The van der Waals surface area contributed by atoms with E-state index < -0.39 is 23.8 Å². The molecule has 1 atom stereocenters. The molecule has 1 aromatic heterocycles. The molecule has 0 aliphatic rings. The highest BCUT2D eigenvalue weighted by molar-refractivity contribution is 5.74. The zero-order valence-corrected chi connectivity index (χ0v) is 13.5. The van der Waals surface area contributed by atoms with Gasteiger partial charge < -0.3 is 14.7 Å². The Morgan fingerprint density at radius 1 is 1.38 bits per heavy atom. The van der Waals surface area contributed by atoms with Crippen LogP contribution in [0.1, 0.15) is 35.5 Å². The van der Waals surface area contributed by atoms with Crippen LogP contribution in [0.25, 0.3) is 0 Å². The quantitative estimate of drug-likeness (QED) is 0.917. The van der Waals surface area contributed by atoms with Crippen LogP contribution in [0.4, 0.5) is 18.0 Å². The minimum atomic E-state index is -4.42. The summed E-state index contributed by atoms with van der Waals surface area (Å²) in [5, 5.41) is 6.46. The number of urea groups is 1. The van der Waals surface area contributed by atoms with Crippen molar-refractivity contribution in [2.24, 2.45) is 0 Å². The van der Waals surface area contributed by atoms with Crippen LogP contribution in [0.5, 0.6) is 0 Å². The van der Waals surface area contributed by atoms with Gasteiger partial charge in [-0.15, -0.1) is 0 Å². The van der Waals surface area contributed by atoms with Gasteiger partial charge in [0.25, 0.3) is 0 Å². The molecule has 8 heteroatoms. The summed E-state index contributed by atoms with van der Waals surface area (Å²) in [7, 11) is 1.57. The Morgan fingerprint density at radius 2 is 2.08 bits per heavy atom. The first-order valence-electron chi connectivity index (χ1n) is 7.28. The molecule has 1 aromatic carbocycles. The Bertz CT molecular complexity index is 713. The third-order valence-electron chi connectivity index (χ3n) is 3.48. The fourth-order valence-corrected chi connectivity index (χ4v) is 2.17. The molecule has 0 fully saturated rings. The van der Waals surface area contributed by atoms with E-state index in [2.05, 4.69) is 10.5 Å². The molecule has 130 valence electrons. The first-order valence-corrected chi connectivity index (χ1v) is 7.28. The number of amides is 2. The van der Waals surface area contributed by atoms with Crippen molar-refractivity contribution in [1.82, 2.24) is 15.4 Å². The van der Waals surface area contributed by atoms with E-state index in [-0.39, 0.29) is 6.54 Å². The number of alkyl halides is 3. The predicted octanol–water partition coefficient (Wildman–Crippen LogP) is 3.90. The Hall–Kier alpha value is -2.51. The summed E-state index contributed by atoms with van der Waals surface area (Å²) >= 11 is 0. The second-order valence-electron chi connectivity index (χ2n) is 5.58. The topological polar surface area (TPSA) is 58.4 Å². The molecular formula is C16H18F3N3O2. The average Bonchev–Trinajstić information content (AvgIpc) is 2.91. The fourth-order valence-electron chi connectivity index (χ4n) is 2.17. The number of carbonyl (C=O) groups excluding carboxylic acids is 1. The summed E-state index contributed by atoms with van der Waals surface area (Å²) in [4.78, 5) is 13.5. The van der Waals surface area contributed by atoms with Crippen molar-refractivity contribution in [3.05, 3.63) is 52.9 Å². The number of rotatable bonds is 4. The van der Waals surface area contributed by atoms with Crippen molar-refractivity contribution in [2.45, 2.75) is 32.6 Å². The predicted molar refractivity (Wildman–Crippen MR) is 81.1 cm³/mol. The molecule has 0 bridgehead atoms. The van der Waals surface area contributed by atoms with Crippen LogP contribution in [-0.2, 0) is 12.7 Å². The van der Waals surface area contributed by atoms with Gasteiger partial charge in [0, 0.05) is 13.1 Å². The molecule has 5 nitrogen and oxygen atoms in total. The Labute approximate surface area is 137 Å². The fraction of sp³-hybridized carbons (Fsp3) is 0.375. The molecule has 0 spiro atoms. The van der Waals surface area contributed by atoms with Gasteiger partial charge in [-0.2, -0.15) is 13.2 Å². The van der Waals surface area contributed by atoms with E-state index in [1.165, 1.54) is 11.0 Å². The lowest BCUT2D eigenvalue weighted by Crippen LogP contribution is -2.38. The van der Waals surface area contributed by atoms with Crippen LogP contribution >= 0.6 is 0 Å². The summed E-state index contributed by atoms with van der Waals surface area (Å²) in [5.74, 6) is 0.635. The minimum absolute atomic E-state index is 0.235. The van der Waals surface area contributed by atoms with Crippen molar-refractivity contribution in [2.75, 3.05) is 7.05 Å². The van der Waals surface area contributed by atoms with E-state index in [4.69, 9.17) is 4.52 Å². The molecule has 1 heterocycles. The van der Waals surface area contributed by atoms with Gasteiger partial charge in [0.2, 0.25) is 0 Å². The van der Waals surface area contributed by atoms with Gasteiger partial charge in [-0.3, -0.25) is 0 Å². The number of hydrogen-bond acceptors (Lipinski definition) is 3. The van der Waals surface area contributed by atoms with Crippen LogP contribution < -0.4 is 5.32 Å². The molecular weight excluding hydrogens is 323 g/mol. The summed E-state index contributed by atoms with van der Waals surface area (Å²) in [6.07, 6.45) is -4.42. The van der Waals surface area contributed by atoms with Crippen molar-refractivity contribution >= 4 is 6.03 Å². The Kier molecular flexibility index (Phi) is 5.16. The Morgan fingerprint density at radius 3 is 2.67 bits per heavy atom. The number of benzene rings is 1. The number of hydrogen-bond donors (Lipinski definition) is 1. The highest BCUT2D eigenvalue weighted by Gasteiger charge is 2.30. The van der Waals surface area contributed by atoms with Crippen molar-refractivity contribution in [3.63, 3.8) is 0 Å². The number of aryl methyl sites for hydroxylation is 1. The number of nitrogens with one attached hydrogen (secondary N) is 1. The maximum absolute atomic E-state index is 12.8. The van der Waals surface area contributed by atoms with Crippen molar-refractivity contribution in [1.29, 1.82) is 0 Å². The summed E-state index contributed by atoms with van der Waals surface area (Å²) < 4.78 is 43.2. The van der Waals surface area contributed by atoms with Gasteiger partial charge in [0.05, 0.1) is 18.2 Å². The maximum Gasteiger partial charge on any atom is 0.416 e. The largest absolute Gasteiger partial charge is 0.416 e. The molecule has 0 saturated carbocycles. The molecule has 24 heavy (non-hydrogen) atoms. The third-order valence-corrected chi connectivity index (χ3v) is 3.48. The molecule has 0 aliphatic heterocycles. The van der Waals surface area contributed by atoms with E-state index in [9.17, 15) is 18.0 Å². The first-order chi connectivity index (χ1) is 11.2. The lowest BCUT2D eigenvalue weighted by molar-refractivity contribution is -0.137. The van der Waals surface area contributed by atoms with Crippen LogP contribution in [0.3, 0.4) is 0 Å². The van der Waals surface area contributed by atoms with Gasteiger partial charge in [0.1, 0.15) is 11.5 Å². The molecule has 2 rings (SSSR count). The lowest BCUT2D eigenvalue weighted by Gasteiger charge is -2.21. The van der Waals surface area contributed by atoms with Gasteiger partial charge in [0.15, 0.2) is 0 Å². The molecule has 0 radical (unpaired) electrons. The van der Waals surface area contributed by atoms with Gasteiger partial charge in [-0.25, -0.2) is 4.79 Å². The monoisotopic (exact) mass is 341 g/mol. The van der Waals surface area contributed by atoms with E-state index >= 15 is 0 Å². The van der Waals surface area contributed by atoms with Gasteiger partial charge in [-0.1, -0.05) is 17.3 Å². The molecule has 2 amide bonds. The summed E-state index contributed by atoms with van der Waals surface area (Å²) in [6, 6.07) is 5.62. The molecule has 0 aliphatic carbocycles. The second-order valence-corrected chi connectivity index (χ2v) is 5.58. The average molecular weight is 341 g/mol. The molecule has 0 unspecified atom stereocenters. The van der Waals surface area contributed by atoms with Crippen LogP contribution in [0.15, 0.2) is 34.9 Å². The zero-order valence-electron chi connectivity index (χ0n) is 13.5. The summed E-state index contributed by atoms with van der Waals surface area (Å²) in [5.41, 5.74) is 0.230. The SMILES string of the molecule is Cc1cc(CN(C)C(=O)N[C@@H](C)c2cccc(C(F)(F)F)c2)no1. The van der Waals surface area contributed by atoms with Gasteiger partial charge in [-0.05, 0) is 31.5 Å². The molecule has 2 aromatic rings. The maximum atomic E-state index is 12.8. The minimum Gasteiger partial charge on any atom is -0.361 e. The van der Waals surface area contributed by atoms with Crippen molar-refractivity contribution < 1.29 is 22.5 Å². The van der Waals surface area contributed by atoms with Crippen molar-refractivity contribution in [3.8, 4) is 0 Å². The second kappa shape index (κ2) is 6.94. The van der Waals surface area contributed by atoms with Gasteiger partial charge >= 0.3 is 12.2 Å². The third kappa shape index (κ3) is 4.50. The highest BCUT2D eigenvalue weighted by Crippen LogP contribution is 2.30. The highest BCUT2D eigenvalue weighted by atomic mass is 19.4. The molecule has 1 N–H and O–H groups in total. The van der Waals surface area contributed by atoms with Crippen LogP contribution in [0.2, 0.25) is 0 Å². The van der Waals surface area contributed by atoms with E-state index in [0.29, 0.717) is 17.0 Å². The standard InChI is InChI=1S/C16H18F3N3O2/c1-10-7-14(21-24-10)9-22(3)15(23)20-11(2)12-5-4-6-13(8-12)16(17,18)19/h4-8,11H,9H2,1-3H3,(H,20,23)/t11-/m0/s1. The van der Waals surface area contributed by atoms with Crippen LogP contribution in [-0.4, -0.2) is 23.1 Å². The number of nitrogens with zero attached hydrogens (tertiary/aromatic N) is 2. The zero-order chi connectivity index (χ0) is 17.9. The van der Waals surface area contributed by atoms with E-state index in [0.717, 1.165) is 12.1 Å². The Balaban J connectivity index is 2.00.